The molecule has 0 bridgehead atoms. The smallest absolute Gasteiger partial charge is 0.272 e. The van der Waals surface area contributed by atoms with Crippen LogP contribution in [0.25, 0.3) is 11.3 Å². The molecule has 0 radical (unpaired) electrons. The number of rotatable bonds is 5. The van der Waals surface area contributed by atoms with Crippen molar-refractivity contribution in [1.29, 1.82) is 0 Å². The lowest BCUT2D eigenvalue weighted by atomic mass is 10.1. The third kappa shape index (κ3) is 3.09. The summed E-state index contributed by atoms with van der Waals surface area (Å²) in [6.07, 6.45) is 0.878. The van der Waals surface area contributed by atoms with Crippen molar-refractivity contribution in [3.63, 3.8) is 0 Å². The standard InChI is InChI=1S/C22H26N4O2/c1-4-19-20-11-10-15(3)25(20)12-13-26(19)22(27)18-14-17(23-24-18)16-8-6-7-9-21(16)28-5-2/h6-11,14,19H,4-5,12-13H2,1-3H3,(H,23,24). The minimum absolute atomic E-state index is 0.00964. The Morgan fingerprint density at radius 2 is 2.04 bits per heavy atom. The third-order valence-electron chi connectivity index (χ3n) is 5.43. The molecule has 1 unspecified atom stereocenters. The molecule has 6 nitrogen and oxygen atoms in total. The van der Waals surface area contributed by atoms with Crippen LogP contribution < -0.4 is 4.74 Å². The number of nitrogens with zero attached hydrogens (tertiary/aromatic N) is 3. The quantitative estimate of drug-likeness (QED) is 0.724. The van der Waals surface area contributed by atoms with Crippen molar-refractivity contribution in [2.45, 2.75) is 39.8 Å². The van der Waals surface area contributed by atoms with Gasteiger partial charge in [-0.05, 0) is 50.6 Å². The first-order valence-corrected chi connectivity index (χ1v) is 9.88. The molecule has 1 atom stereocenters. The number of fused-ring (bicyclic) bond motifs is 1. The van der Waals surface area contributed by atoms with Crippen molar-refractivity contribution in [2.24, 2.45) is 0 Å². The fourth-order valence-electron chi connectivity index (χ4n) is 4.07. The summed E-state index contributed by atoms with van der Waals surface area (Å²) in [6.45, 7) is 8.30. The molecule has 28 heavy (non-hydrogen) atoms. The molecule has 6 heteroatoms. The van der Waals surface area contributed by atoms with Gasteiger partial charge in [-0.25, -0.2) is 0 Å². The molecule has 146 valence electrons. The first-order valence-electron chi connectivity index (χ1n) is 9.88. The van der Waals surface area contributed by atoms with E-state index in [0.29, 0.717) is 18.8 Å². The van der Waals surface area contributed by atoms with Gasteiger partial charge in [0.05, 0.1) is 18.3 Å². The van der Waals surface area contributed by atoms with Crippen molar-refractivity contribution in [3.05, 3.63) is 59.5 Å². The van der Waals surface area contributed by atoms with Gasteiger partial charge in [0.1, 0.15) is 11.4 Å². The second kappa shape index (κ2) is 7.54. The molecule has 0 saturated heterocycles. The van der Waals surface area contributed by atoms with Gasteiger partial charge in [-0.1, -0.05) is 19.1 Å². The minimum atomic E-state index is -0.00964. The average Bonchev–Trinajstić information content (AvgIpc) is 3.35. The summed E-state index contributed by atoms with van der Waals surface area (Å²) in [5, 5.41) is 7.33. The molecule has 1 N–H and O–H groups in total. The fourth-order valence-corrected chi connectivity index (χ4v) is 4.07. The molecule has 4 rings (SSSR count). The van der Waals surface area contributed by atoms with Gasteiger partial charge in [-0.15, -0.1) is 0 Å². The number of carbonyl (C=O) groups excluding carboxylic acids is 1. The highest BCUT2D eigenvalue weighted by Gasteiger charge is 2.31. The summed E-state index contributed by atoms with van der Waals surface area (Å²) in [4.78, 5) is 15.2. The van der Waals surface area contributed by atoms with Gasteiger partial charge in [0.2, 0.25) is 0 Å². The van der Waals surface area contributed by atoms with Crippen molar-refractivity contribution in [1.82, 2.24) is 19.7 Å². The second-order valence-electron chi connectivity index (χ2n) is 7.07. The summed E-state index contributed by atoms with van der Waals surface area (Å²) < 4.78 is 8.02. The Bertz CT molecular complexity index is 988. The van der Waals surface area contributed by atoms with Crippen molar-refractivity contribution in [2.75, 3.05) is 13.2 Å². The summed E-state index contributed by atoms with van der Waals surface area (Å²) in [5.41, 5.74) is 4.57. The maximum atomic E-state index is 13.3. The molecule has 0 aliphatic carbocycles. The predicted molar refractivity (Wildman–Crippen MR) is 108 cm³/mol. The third-order valence-corrected chi connectivity index (χ3v) is 5.43. The van der Waals surface area contributed by atoms with Gasteiger partial charge < -0.3 is 14.2 Å². The first-order chi connectivity index (χ1) is 13.6. The molecule has 1 aliphatic rings. The van der Waals surface area contributed by atoms with E-state index < -0.39 is 0 Å². The molecular formula is C22H26N4O2. The number of ether oxygens (including phenoxy) is 1. The Morgan fingerprint density at radius 3 is 2.82 bits per heavy atom. The number of hydrogen-bond donors (Lipinski definition) is 1. The van der Waals surface area contributed by atoms with E-state index in [1.54, 1.807) is 0 Å². The Labute approximate surface area is 165 Å². The van der Waals surface area contributed by atoms with Gasteiger partial charge in [0.15, 0.2) is 0 Å². The highest BCUT2D eigenvalue weighted by atomic mass is 16.5. The summed E-state index contributed by atoms with van der Waals surface area (Å²) >= 11 is 0. The zero-order valence-corrected chi connectivity index (χ0v) is 16.6. The number of amides is 1. The van der Waals surface area contributed by atoms with E-state index in [-0.39, 0.29) is 11.9 Å². The zero-order chi connectivity index (χ0) is 19.7. The Balaban J connectivity index is 1.62. The van der Waals surface area contributed by atoms with Crippen LogP contribution in [0.1, 0.15) is 48.2 Å². The van der Waals surface area contributed by atoms with Crippen LogP contribution in [0.5, 0.6) is 5.75 Å². The first kappa shape index (κ1) is 18.3. The molecule has 0 spiro atoms. The summed E-state index contributed by atoms with van der Waals surface area (Å²) in [6, 6.07) is 13.9. The number of carbonyl (C=O) groups is 1. The van der Waals surface area contributed by atoms with Crippen LogP contribution >= 0.6 is 0 Å². The lowest BCUT2D eigenvalue weighted by molar-refractivity contribution is 0.0610. The number of hydrogen-bond acceptors (Lipinski definition) is 3. The number of benzene rings is 1. The van der Waals surface area contributed by atoms with Crippen molar-refractivity contribution in [3.8, 4) is 17.0 Å². The fraction of sp³-hybridized carbons (Fsp3) is 0.364. The largest absolute Gasteiger partial charge is 0.493 e. The van der Waals surface area contributed by atoms with E-state index in [9.17, 15) is 4.79 Å². The molecule has 2 aromatic heterocycles. The highest BCUT2D eigenvalue weighted by Crippen LogP contribution is 2.33. The lowest BCUT2D eigenvalue weighted by Crippen LogP contribution is -2.42. The molecule has 1 amide bonds. The maximum Gasteiger partial charge on any atom is 0.272 e. The van der Waals surface area contributed by atoms with E-state index in [0.717, 1.165) is 30.0 Å². The number of aryl methyl sites for hydroxylation is 1. The highest BCUT2D eigenvalue weighted by molar-refractivity contribution is 5.94. The monoisotopic (exact) mass is 378 g/mol. The zero-order valence-electron chi connectivity index (χ0n) is 16.6. The molecule has 0 fully saturated rings. The molecule has 3 heterocycles. The van der Waals surface area contributed by atoms with E-state index in [2.05, 4.69) is 40.7 Å². The Kier molecular flexibility index (Phi) is 4.94. The Morgan fingerprint density at radius 1 is 1.21 bits per heavy atom. The van der Waals surface area contributed by atoms with Crippen LogP contribution in [-0.4, -0.2) is 38.7 Å². The van der Waals surface area contributed by atoms with E-state index in [1.165, 1.54) is 11.4 Å². The second-order valence-corrected chi connectivity index (χ2v) is 7.07. The lowest BCUT2D eigenvalue weighted by Gasteiger charge is -2.36. The topological polar surface area (TPSA) is 63.1 Å². The maximum absolute atomic E-state index is 13.3. The predicted octanol–water partition coefficient (Wildman–Crippen LogP) is 4.19. The van der Waals surface area contributed by atoms with Crippen LogP contribution in [0, 0.1) is 6.92 Å². The number of aromatic amines is 1. The van der Waals surface area contributed by atoms with Crippen LogP contribution in [-0.2, 0) is 6.54 Å². The van der Waals surface area contributed by atoms with E-state index >= 15 is 0 Å². The van der Waals surface area contributed by atoms with Crippen molar-refractivity contribution < 1.29 is 9.53 Å². The van der Waals surface area contributed by atoms with Crippen LogP contribution in [0.15, 0.2) is 42.5 Å². The Hall–Kier alpha value is -3.02. The van der Waals surface area contributed by atoms with Gasteiger partial charge in [0.25, 0.3) is 5.91 Å². The number of nitrogens with one attached hydrogen (secondary N) is 1. The van der Waals surface area contributed by atoms with Crippen LogP contribution in [0.4, 0.5) is 0 Å². The SMILES string of the molecule is CCOc1ccccc1-c1cc(C(=O)N2CCn3c(C)ccc3C2CC)[nH]n1. The summed E-state index contributed by atoms with van der Waals surface area (Å²) in [7, 11) is 0. The van der Waals surface area contributed by atoms with Crippen molar-refractivity contribution >= 4 is 5.91 Å². The van der Waals surface area contributed by atoms with Gasteiger partial charge in [-0.2, -0.15) is 5.10 Å². The van der Waals surface area contributed by atoms with E-state index in [4.69, 9.17) is 4.74 Å². The van der Waals surface area contributed by atoms with Gasteiger partial charge in [0, 0.05) is 30.0 Å². The number of H-pyrrole nitrogens is 1. The summed E-state index contributed by atoms with van der Waals surface area (Å²) in [5.74, 6) is 0.762. The van der Waals surface area contributed by atoms with Gasteiger partial charge >= 0.3 is 0 Å². The normalized spacial score (nSPS) is 16.1. The average molecular weight is 378 g/mol. The number of para-hydroxylation sites is 1. The van der Waals surface area contributed by atoms with E-state index in [1.807, 2.05) is 42.2 Å². The van der Waals surface area contributed by atoms with Crippen LogP contribution in [0.2, 0.25) is 0 Å². The minimum Gasteiger partial charge on any atom is -0.493 e. The molecule has 1 aromatic carbocycles. The van der Waals surface area contributed by atoms with Gasteiger partial charge in [-0.3, -0.25) is 9.89 Å². The molecule has 1 aliphatic heterocycles. The molecule has 0 saturated carbocycles. The van der Waals surface area contributed by atoms with Crippen LogP contribution in [0.3, 0.4) is 0 Å². The molecule has 3 aromatic rings. The number of aromatic nitrogens is 3. The molecular weight excluding hydrogens is 352 g/mol.